The molecule has 122 valence electrons. The molecule has 5 heteroatoms. The Morgan fingerprint density at radius 2 is 2.00 bits per heavy atom. The zero-order valence-corrected chi connectivity index (χ0v) is 13.2. The van der Waals surface area contributed by atoms with E-state index in [0.29, 0.717) is 22.9 Å². The van der Waals surface area contributed by atoms with Crippen molar-refractivity contribution >= 4 is 28.0 Å². The molecule has 0 aliphatic heterocycles. The fourth-order valence-corrected chi connectivity index (χ4v) is 3.77. The number of hydrogen-bond acceptors (Lipinski definition) is 4. The molecule has 0 radical (unpaired) electrons. The summed E-state index contributed by atoms with van der Waals surface area (Å²) in [5, 5.41) is 12.2. The summed E-state index contributed by atoms with van der Waals surface area (Å²) in [6.07, 6.45) is 7.17. The number of benzene rings is 1. The monoisotopic (exact) mass is 322 g/mol. The highest BCUT2D eigenvalue weighted by Crippen LogP contribution is 2.29. The number of pyridine rings is 2. The van der Waals surface area contributed by atoms with Gasteiger partial charge in [-0.2, -0.15) is 0 Å². The Labute approximate surface area is 138 Å². The molecule has 2 aromatic heterocycles. The first-order chi connectivity index (χ1) is 11.7. The summed E-state index contributed by atoms with van der Waals surface area (Å²) in [7, 11) is 0. The quantitative estimate of drug-likeness (QED) is 0.582. The number of carbonyl (C=O) groups is 1. The third-order valence-corrected chi connectivity index (χ3v) is 5.01. The number of aromatic nitrogens is 2. The third-order valence-electron chi connectivity index (χ3n) is 5.01. The molecule has 3 aromatic rings. The fourth-order valence-electron chi connectivity index (χ4n) is 3.77. The Morgan fingerprint density at radius 1 is 1.17 bits per heavy atom. The minimum atomic E-state index is -0.502. The molecule has 1 aliphatic rings. The van der Waals surface area contributed by atoms with Gasteiger partial charge >= 0.3 is 0 Å². The molecule has 0 saturated heterocycles. The van der Waals surface area contributed by atoms with Crippen molar-refractivity contribution in [2.75, 3.05) is 0 Å². The molecule has 24 heavy (non-hydrogen) atoms. The van der Waals surface area contributed by atoms with Crippen LogP contribution in [0.5, 0.6) is 0 Å². The SMILES string of the molecule is O=Cc1cc2c(=O)n([C@H]3CCCC[C@@H]3O)ccc2c2ncccc12. The van der Waals surface area contributed by atoms with Gasteiger partial charge in [0.15, 0.2) is 6.29 Å². The van der Waals surface area contributed by atoms with E-state index >= 15 is 0 Å². The second kappa shape index (κ2) is 5.83. The second-order valence-electron chi connectivity index (χ2n) is 6.39. The van der Waals surface area contributed by atoms with Crippen LogP contribution >= 0.6 is 0 Å². The second-order valence-corrected chi connectivity index (χ2v) is 6.39. The van der Waals surface area contributed by atoms with Crippen molar-refractivity contribution in [1.29, 1.82) is 0 Å². The van der Waals surface area contributed by atoms with Gasteiger partial charge in [-0.05, 0) is 31.0 Å². The Balaban J connectivity index is 2.01. The van der Waals surface area contributed by atoms with Gasteiger partial charge in [0.2, 0.25) is 0 Å². The van der Waals surface area contributed by atoms with Crippen molar-refractivity contribution in [2.24, 2.45) is 0 Å². The number of hydrogen-bond donors (Lipinski definition) is 1. The van der Waals surface area contributed by atoms with Crippen molar-refractivity contribution in [2.45, 2.75) is 37.8 Å². The third kappa shape index (κ3) is 2.24. The molecule has 1 fully saturated rings. The lowest BCUT2D eigenvalue weighted by Crippen LogP contribution is -2.34. The molecule has 1 N–H and O–H groups in total. The summed E-state index contributed by atoms with van der Waals surface area (Å²) >= 11 is 0. The highest BCUT2D eigenvalue weighted by atomic mass is 16.3. The van der Waals surface area contributed by atoms with E-state index in [4.69, 9.17) is 0 Å². The maximum absolute atomic E-state index is 13.0. The van der Waals surface area contributed by atoms with Crippen LogP contribution in [0, 0.1) is 0 Å². The normalized spacial score (nSPS) is 21.2. The maximum Gasteiger partial charge on any atom is 0.258 e. The highest BCUT2D eigenvalue weighted by molar-refractivity contribution is 6.11. The fraction of sp³-hybridized carbons (Fsp3) is 0.316. The molecule has 0 unspecified atom stereocenters. The standard InChI is InChI=1S/C19H18N2O3/c22-11-12-10-15-14(18-13(12)4-3-8-20-18)7-9-21(19(15)24)16-5-1-2-6-17(16)23/h3-4,7-11,16-17,23H,1-2,5-6H2/t16-,17-/m0/s1. The van der Waals surface area contributed by atoms with Crippen LogP contribution in [0.1, 0.15) is 42.1 Å². The molecule has 0 amide bonds. The van der Waals surface area contributed by atoms with Gasteiger partial charge in [0.1, 0.15) is 0 Å². The van der Waals surface area contributed by atoms with Crippen molar-refractivity contribution in [3.05, 3.63) is 52.6 Å². The summed E-state index contributed by atoms with van der Waals surface area (Å²) in [5.74, 6) is 0. The van der Waals surface area contributed by atoms with E-state index in [1.165, 1.54) is 0 Å². The topological polar surface area (TPSA) is 72.2 Å². The predicted octanol–water partition coefficient (Wildman–Crippen LogP) is 2.84. The van der Waals surface area contributed by atoms with Gasteiger partial charge in [-0.25, -0.2) is 0 Å². The van der Waals surface area contributed by atoms with Gasteiger partial charge in [0.05, 0.1) is 23.0 Å². The summed E-state index contributed by atoms with van der Waals surface area (Å²) in [6.45, 7) is 0. The van der Waals surface area contributed by atoms with Crippen LogP contribution in [-0.4, -0.2) is 27.0 Å². The predicted molar refractivity (Wildman–Crippen MR) is 92.4 cm³/mol. The van der Waals surface area contributed by atoms with Crippen LogP contribution in [0.4, 0.5) is 0 Å². The number of rotatable bonds is 2. The highest BCUT2D eigenvalue weighted by Gasteiger charge is 2.26. The first-order valence-electron chi connectivity index (χ1n) is 8.26. The van der Waals surface area contributed by atoms with E-state index in [1.54, 1.807) is 29.1 Å². The number of aliphatic hydroxyl groups is 1. The lowest BCUT2D eigenvalue weighted by molar-refractivity contribution is 0.0740. The first-order valence-corrected chi connectivity index (χ1v) is 8.26. The van der Waals surface area contributed by atoms with Crippen LogP contribution < -0.4 is 5.56 Å². The van der Waals surface area contributed by atoms with E-state index in [9.17, 15) is 14.7 Å². The Morgan fingerprint density at radius 3 is 2.79 bits per heavy atom. The summed E-state index contributed by atoms with van der Waals surface area (Å²) in [4.78, 5) is 28.8. The Hall–Kier alpha value is -2.53. The van der Waals surface area contributed by atoms with Crippen LogP contribution in [0.25, 0.3) is 21.7 Å². The minimum absolute atomic E-state index is 0.172. The smallest absolute Gasteiger partial charge is 0.258 e. The average Bonchev–Trinajstić information content (AvgIpc) is 2.62. The number of aliphatic hydroxyl groups excluding tert-OH is 1. The molecule has 2 atom stereocenters. The molecule has 1 aromatic carbocycles. The van der Waals surface area contributed by atoms with Gasteiger partial charge in [0.25, 0.3) is 5.56 Å². The summed E-state index contributed by atoms with van der Waals surface area (Å²) in [6, 6.07) is 6.92. The zero-order valence-electron chi connectivity index (χ0n) is 13.2. The van der Waals surface area contributed by atoms with Crippen LogP contribution in [0.15, 0.2) is 41.5 Å². The van der Waals surface area contributed by atoms with Gasteiger partial charge in [-0.3, -0.25) is 14.6 Å². The molecule has 5 nitrogen and oxygen atoms in total. The van der Waals surface area contributed by atoms with Gasteiger partial charge < -0.3 is 9.67 Å². The van der Waals surface area contributed by atoms with Crippen LogP contribution in [0.2, 0.25) is 0 Å². The van der Waals surface area contributed by atoms with E-state index < -0.39 is 6.10 Å². The Bertz CT molecular complexity index is 993. The van der Waals surface area contributed by atoms with Crippen LogP contribution in [-0.2, 0) is 0 Å². The lowest BCUT2D eigenvalue weighted by Gasteiger charge is -2.29. The number of carbonyl (C=O) groups excluding carboxylic acids is 1. The number of nitrogens with zero attached hydrogens (tertiary/aromatic N) is 2. The van der Waals surface area contributed by atoms with Gasteiger partial charge in [-0.15, -0.1) is 0 Å². The molecule has 0 spiro atoms. The average molecular weight is 322 g/mol. The number of aldehydes is 1. The minimum Gasteiger partial charge on any atom is -0.391 e. The molecular formula is C19H18N2O3. The van der Waals surface area contributed by atoms with E-state index in [1.807, 2.05) is 12.1 Å². The summed E-state index contributed by atoms with van der Waals surface area (Å²) in [5.41, 5.74) is 0.948. The van der Waals surface area contributed by atoms with Gasteiger partial charge in [0, 0.05) is 28.7 Å². The van der Waals surface area contributed by atoms with E-state index in [0.717, 1.165) is 36.3 Å². The van der Waals surface area contributed by atoms with Crippen molar-refractivity contribution in [1.82, 2.24) is 9.55 Å². The molecule has 1 saturated carbocycles. The molecule has 2 heterocycles. The largest absolute Gasteiger partial charge is 0.391 e. The zero-order chi connectivity index (χ0) is 16.7. The first kappa shape index (κ1) is 15.0. The van der Waals surface area contributed by atoms with Crippen molar-refractivity contribution in [3.63, 3.8) is 0 Å². The molecule has 0 bridgehead atoms. The van der Waals surface area contributed by atoms with Crippen molar-refractivity contribution < 1.29 is 9.90 Å². The Kier molecular flexibility index (Phi) is 3.65. The molecule has 1 aliphatic carbocycles. The number of fused-ring (bicyclic) bond motifs is 3. The molecule has 4 rings (SSSR count). The van der Waals surface area contributed by atoms with Gasteiger partial charge in [-0.1, -0.05) is 18.9 Å². The summed E-state index contributed by atoms with van der Waals surface area (Å²) < 4.78 is 1.62. The molecular weight excluding hydrogens is 304 g/mol. The maximum atomic E-state index is 13.0. The van der Waals surface area contributed by atoms with Crippen LogP contribution in [0.3, 0.4) is 0 Å². The van der Waals surface area contributed by atoms with E-state index in [-0.39, 0.29) is 11.6 Å². The van der Waals surface area contributed by atoms with E-state index in [2.05, 4.69) is 4.98 Å². The van der Waals surface area contributed by atoms with Crippen molar-refractivity contribution in [3.8, 4) is 0 Å². The lowest BCUT2D eigenvalue weighted by atomic mass is 9.92.